The highest BCUT2D eigenvalue weighted by Crippen LogP contribution is 2.67. The molecule has 4 aliphatic rings. The molecule has 0 radical (unpaired) electrons. The lowest BCUT2D eigenvalue weighted by atomic mass is 9.45. The van der Waals surface area contributed by atoms with Gasteiger partial charge in [0.05, 0.1) is 5.41 Å². The van der Waals surface area contributed by atoms with Gasteiger partial charge >= 0.3 is 17.9 Å². The molecular formula is C26H34O9. The topological polar surface area (TPSA) is 133 Å². The zero-order valence-corrected chi connectivity index (χ0v) is 21.3. The maximum Gasteiger partial charge on any atom is 0.303 e. The number of Topliss-reactive ketones (excluding diaryl/α,β-unsaturated/α-hetero) is 2. The van der Waals surface area contributed by atoms with Crippen molar-refractivity contribution in [3.63, 3.8) is 0 Å². The number of ketones is 2. The number of carbonyl (C=O) groups excluding carboxylic acids is 5. The zero-order chi connectivity index (χ0) is 26.2. The molecule has 0 aromatic rings. The fraction of sp³-hybridized carbons (Fsp3) is 0.731. The highest BCUT2D eigenvalue weighted by molar-refractivity contribution is 6.20. The minimum absolute atomic E-state index is 0.0329. The zero-order valence-electron chi connectivity index (χ0n) is 21.3. The summed E-state index contributed by atoms with van der Waals surface area (Å²) in [6.45, 7) is 11.1. The summed E-state index contributed by atoms with van der Waals surface area (Å²) >= 11 is 0. The van der Waals surface area contributed by atoms with Crippen molar-refractivity contribution in [2.24, 2.45) is 28.1 Å². The maximum atomic E-state index is 14.1. The van der Waals surface area contributed by atoms with E-state index in [1.54, 1.807) is 0 Å². The number of aliphatic hydroxyl groups excluding tert-OH is 1. The average molecular weight is 491 g/mol. The van der Waals surface area contributed by atoms with Crippen LogP contribution in [-0.2, 0) is 38.2 Å². The second-order valence-corrected chi connectivity index (χ2v) is 11.5. The monoisotopic (exact) mass is 490 g/mol. The molecular weight excluding hydrogens is 456 g/mol. The molecule has 9 nitrogen and oxygen atoms in total. The second-order valence-electron chi connectivity index (χ2n) is 11.5. The molecule has 35 heavy (non-hydrogen) atoms. The van der Waals surface area contributed by atoms with E-state index < -0.39 is 76.1 Å². The fourth-order valence-electron chi connectivity index (χ4n) is 7.43. The van der Waals surface area contributed by atoms with Crippen molar-refractivity contribution in [1.82, 2.24) is 0 Å². The Kier molecular flexibility index (Phi) is 5.82. The summed E-state index contributed by atoms with van der Waals surface area (Å²) in [5.41, 5.74) is -2.93. The van der Waals surface area contributed by atoms with Gasteiger partial charge in [0.25, 0.3) is 0 Å². The molecule has 1 N–H and O–H groups in total. The Hall–Kier alpha value is -2.55. The van der Waals surface area contributed by atoms with E-state index in [1.165, 1.54) is 20.8 Å². The van der Waals surface area contributed by atoms with Crippen LogP contribution in [0.2, 0.25) is 0 Å². The summed E-state index contributed by atoms with van der Waals surface area (Å²) < 4.78 is 16.7. The van der Waals surface area contributed by atoms with Crippen molar-refractivity contribution in [2.45, 2.75) is 92.1 Å². The molecule has 0 bridgehead atoms. The first-order chi connectivity index (χ1) is 16.1. The number of aliphatic hydroxyl groups is 1. The number of hydrogen-bond acceptors (Lipinski definition) is 9. The highest BCUT2D eigenvalue weighted by atomic mass is 16.6. The Balaban J connectivity index is 1.94. The van der Waals surface area contributed by atoms with Gasteiger partial charge in [0.2, 0.25) is 5.78 Å². The first-order valence-electron chi connectivity index (χ1n) is 12.1. The Bertz CT molecular complexity index is 1060. The Morgan fingerprint density at radius 1 is 0.943 bits per heavy atom. The quantitative estimate of drug-likeness (QED) is 0.466. The van der Waals surface area contributed by atoms with Gasteiger partial charge in [-0.25, -0.2) is 0 Å². The molecule has 0 aromatic heterocycles. The predicted molar refractivity (Wildman–Crippen MR) is 121 cm³/mol. The molecule has 4 rings (SSSR count). The first kappa shape index (κ1) is 25.5. The highest BCUT2D eigenvalue weighted by Gasteiger charge is 2.74. The summed E-state index contributed by atoms with van der Waals surface area (Å²) in [6, 6.07) is 0. The van der Waals surface area contributed by atoms with Crippen molar-refractivity contribution in [3.8, 4) is 0 Å². The van der Waals surface area contributed by atoms with E-state index in [-0.39, 0.29) is 17.1 Å². The van der Waals surface area contributed by atoms with E-state index in [9.17, 15) is 29.1 Å². The maximum absolute atomic E-state index is 14.1. The molecule has 1 spiro atoms. The molecule has 192 valence electrons. The van der Waals surface area contributed by atoms with Crippen LogP contribution >= 0.6 is 0 Å². The van der Waals surface area contributed by atoms with Crippen molar-refractivity contribution in [2.75, 3.05) is 0 Å². The summed E-state index contributed by atoms with van der Waals surface area (Å²) in [4.78, 5) is 63.9. The Labute approximate surface area is 204 Å². The van der Waals surface area contributed by atoms with E-state index in [0.717, 1.165) is 0 Å². The van der Waals surface area contributed by atoms with Crippen LogP contribution in [0.3, 0.4) is 0 Å². The molecule has 8 atom stereocenters. The van der Waals surface area contributed by atoms with E-state index in [0.29, 0.717) is 19.3 Å². The van der Waals surface area contributed by atoms with Crippen molar-refractivity contribution < 1.29 is 43.3 Å². The summed E-state index contributed by atoms with van der Waals surface area (Å²) in [5.74, 6) is -3.52. The average Bonchev–Trinajstić information content (AvgIpc) is 3.39. The van der Waals surface area contributed by atoms with Crippen LogP contribution in [0.1, 0.15) is 67.7 Å². The second kappa shape index (κ2) is 7.98. The van der Waals surface area contributed by atoms with Crippen LogP contribution in [0.15, 0.2) is 11.1 Å². The number of ether oxygens (including phenoxy) is 3. The largest absolute Gasteiger partial charge is 0.462 e. The Morgan fingerprint density at radius 2 is 1.49 bits per heavy atom. The molecule has 4 aliphatic carbocycles. The van der Waals surface area contributed by atoms with Gasteiger partial charge in [-0.15, -0.1) is 0 Å². The fourth-order valence-corrected chi connectivity index (χ4v) is 7.43. The molecule has 8 unspecified atom stereocenters. The smallest absolute Gasteiger partial charge is 0.303 e. The molecule has 2 fully saturated rings. The van der Waals surface area contributed by atoms with Gasteiger partial charge in [-0.05, 0) is 25.2 Å². The van der Waals surface area contributed by atoms with Crippen LogP contribution in [0.25, 0.3) is 0 Å². The molecule has 0 aromatic carbocycles. The minimum atomic E-state index is -1.54. The lowest BCUT2D eigenvalue weighted by Crippen LogP contribution is -2.66. The van der Waals surface area contributed by atoms with E-state index in [1.807, 2.05) is 27.7 Å². The van der Waals surface area contributed by atoms with Crippen LogP contribution in [0.4, 0.5) is 0 Å². The SMILES string of the molecule is CC(=O)OC1C(O)C2=C(C(=O)C(OC(C)=O)C3(CC3C)C2=O)C2(C)CCC(OC(C)=O)C(C)(C)C12. The first-order valence-corrected chi connectivity index (χ1v) is 12.1. The lowest BCUT2D eigenvalue weighted by molar-refractivity contribution is -0.201. The predicted octanol–water partition coefficient (Wildman–Crippen LogP) is 2.07. The third-order valence-corrected chi connectivity index (χ3v) is 8.90. The third-order valence-electron chi connectivity index (χ3n) is 8.90. The van der Waals surface area contributed by atoms with Gasteiger partial charge in [0.15, 0.2) is 11.9 Å². The van der Waals surface area contributed by atoms with Crippen molar-refractivity contribution in [3.05, 3.63) is 11.1 Å². The molecule has 0 aliphatic heterocycles. The van der Waals surface area contributed by atoms with E-state index in [4.69, 9.17) is 14.2 Å². The Morgan fingerprint density at radius 3 is 1.97 bits per heavy atom. The van der Waals surface area contributed by atoms with Crippen molar-refractivity contribution >= 4 is 29.5 Å². The summed E-state index contributed by atoms with van der Waals surface area (Å²) in [6.07, 6.45) is -3.38. The molecule has 2 saturated carbocycles. The number of esters is 3. The van der Waals surface area contributed by atoms with Crippen molar-refractivity contribution in [1.29, 1.82) is 0 Å². The van der Waals surface area contributed by atoms with Gasteiger partial charge in [0, 0.05) is 48.7 Å². The van der Waals surface area contributed by atoms with Gasteiger partial charge < -0.3 is 19.3 Å². The third kappa shape index (κ3) is 3.49. The summed E-state index contributed by atoms with van der Waals surface area (Å²) in [7, 11) is 0. The van der Waals surface area contributed by atoms with Crippen LogP contribution < -0.4 is 0 Å². The van der Waals surface area contributed by atoms with Crippen LogP contribution in [-0.4, -0.2) is 59.0 Å². The lowest BCUT2D eigenvalue weighted by Gasteiger charge is -2.60. The number of carbonyl (C=O) groups is 5. The normalized spacial score (nSPS) is 41.6. The minimum Gasteiger partial charge on any atom is -0.462 e. The van der Waals surface area contributed by atoms with Crippen LogP contribution in [0.5, 0.6) is 0 Å². The summed E-state index contributed by atoms with van der Waals surface area (Å²) in [5, 5.41) is 11.5. The molecule has 0 heterocycles. The van der Waals surface area contributed by atoms with Crippen LogP contribution in [0, 0.1) is 28.1 Å². The van der Waals surface area contributed by atoms with Gasteiger partial charge in [-0.3, -0.25) is 24.0 Å². The number of fused-ring (bicyclic) bond motifs is 2. The van der Waals surface area contributed by atoms with E-state index >= 15 is 0 Å². The van der Waals surface area contributed by atoms with Gasteiger partial charge in [-0.1, -0.05) is 27.7 Å². The number of hydrogen-bond donors (Lipinski definition) is 1. The molecule has 0 saturated heterocycles. The molecule has 9 heteroatoms. The van der Waals surface area contributed by atoms with E-state index in [2.05, 4.69) is 0 Å². The number of rotatable bonds is 3. The standard InChI is InChI=1S/C26H34O9/c1-11-10-26(11)22(32)16-17(19(31)23(26)35-14(4)29)25(7)9-8-15(33-12(2)27)24(5,6)21(25)20(18(16)30)34-13(3)28/h11,15,18,20-21,23,30H,8-10H2,1-7H3. The molecule has 0 amide bonds. The van der Waals surface area contributed by atoms with Gasteiger partial charge in [0.1, 0.15) is 18.3 Å². The van der Waals surface area contributed by atoms with Gasteiger partial charge in [-0.2, -0.15) is 0 Å².